The molecule has 0 amide bonds. The third-order valence-electron chi connectivity index (χ3n) is 1.23. The van der Waals surface area contributed by atoms with Crippen molar-refractivity contribution in [3.05, 3.63) is 23.0 Å². The highest BCUT2D eigenvalue weighted by atomic mass is 35.5. The van der Waals surface area contributed by atoms with Crippen LogP contribution in [0.15, 0.2) is 12.3 Å². The highest BCUT2D eigenvalue weighted by Crippen LogP contribution is 2.17. The van der Waals surface area contributed by atoms with E-state index >= 15 is 0 Å². The van der Waals surface area contributed by atoms with Gasteiger partial charge in [-0.3, -0.25) is 0 Å². The van der Waals surface area contributed by atoms with E-state index in [4.69, 9.17) is 11.6 Å². The highest BCUT2D eigenvalue weighted by Gasteiger charge is 1.95. The van der Waals surface area contributed by atoms with Gasteiger partial charge in [0.15, 0.2) is 0 Å². The van der Waals surface area contributed by atoms with Crippen LogP contribution in [0, 0.1) is 6.92 Å². The Hall–Kier alpha value is -0.330. The monoisotopic (exact) mass is 174 g/mol. The molecule has 4 heteroatoms. The molecule has 1 unspecified atom stereocenters. The lowest BCUT2D eigenvalue weighted by molar-refractivity contribution is 1.29. The Labute approximate surface area is 67.3 Å². The van der Waals surface area contributed by atoms with Gasteiger partial charge in [-0.2, -0.15) is 0 Å². The van der Waals surface area contributed by atoms with E-state index in [2.05, 4.69) is 19.5 Å². The molecular weight excluding hydrogens is 167 g/mol. The van der Waals surface area contributed by atoms with Crippen LogP contribution in [0.25, 0.3) is 0 Å². The first-order valence-electron chi connectivity index (χ1n) is 2.83. The van der Waals surface area contributed by atoms with Gasteiger partial charge < -0.3 is 5.09 Å². The Morgan fingerprint density at radius 1 is 1.70 bits per heavy atom. The van der Waals surface area contributed by atoms with Crippen LogP contribution >= 0.6 is 21.0 Å². The summed E-state index contributed by atoms with van der Waals surface area (Å²) in [5, 5.41) is 3.45. The molecule has 0 radical (unpaired) electrons. The first-order chi connectivity index (χ1) is 4.74. The fourth-order valence-corrected chi connectivity index (χ4v) is 1.19. The zero-order valence-corrected chi connectivity index (χ0v) is 7.47. The molecule has 0 saturated carbocycles. The minimum Gasteiger partial charge on any atom is -0.368 e. The number of nitrogens with zero attached hydrogens (tertiary/aromatic N) is 1. The van der Waals surface area contributed by atoms with Crippen molar-refractivity contribution in [1.29, 1.82) is 0 Å². The van der Waals surface area contributed by atoms with Crippen LogP contribution in [0.4, 0.5) is 5.69 Å². The molecule has 54 valence electrons. The lowest BCUT2D eigenvalue weighted by atomic mass is 10.3. The van der Waals surface area contributed by atoms with Gasteiger partial charge in [-0.05, 0) is 27.9 Å². The number of rotatable bonds is 1. The number of aryl methyl sites for hydroxylation is 1. The molecule has 0 aliphatic carbocycles. The predicted octanol–water partition coefficient (Wildman–Crippen LogP) is 2.25. The Bertz CT molecular complexity index is 239. The summed E-state index contributed by atoms with van der Waals surface area (Å²) >= 11 is 5.63. The summed E-state index contributed by atoms with van der Waals surface area (Å²) in [7, 11) is 2.41. The van der Waals surface area contributed by atoms with Gasteiger partial charge in [-0.1, -0.05) is 11.6 Å². The average Bonchev–Trinajstić information content (AvgIpc) is 1.88. The van der Waals surface area contributed by atoms with Gasteiger partial charge in [0, 0.05) is 0 Å². The van der Waals surface area contributed by atoms with Crippen molar-refractivity contribution in [2.24, 2.45) is 0 Å². The molecule has 0 aliphatic heterocycles. The molecule has 1 heterocycles. The van der Waals surface area contributed by atoms with Crippen LogP contribution in [0.2, 0.25) is 5.15 Å². The number of pyridine rings is 1. The van der Waals surface area contributed by atoms with Crippen molar-refractivity contribution in [2.45, 2.75) is 6.92 Å². The quantitative estimate of drug-likeness (QED) is 0.522. The molecule has 1 rings (SSSR count). The number of anilines is 1. The zero-order valence-electron chi connectivity index (χ0n) is 5.56. The maximum absolute atomic E-state index is 5.63. The van der Waals surface area contributed by atoms with Crippen molar-refractivity contribution < 1.29 is 0 Å². The lowest BCUT2D eigenvalue weighted by Crippen LogP contribution is -1.86. The zero-order chi connectivity index (χ0) is 7.56. The fourth-order valence-electron chi connectivity index (χ4n) is 0.673. The van der Waals surface area contributed by atoms with Gasteiger partial charge in [0.2, 0.25) is 0 Å². The van der Waals surface area contributed by atoms with E-state index in [1.54, 1.807) is 6.20 Å². The first kappa shape index (κ1) is 7.77. The van der Waals surface area contributed by atoms with Crippen LogP contribution in [0.5, 0.6) is 0 Å². The summed E-state index contributed by atoms with van der Waals surface area (Å²) in [6.07, 6.45) is 1.70. The second kappa shape index (κ2) is 3.18. The van der Waals surface area contributed by atoms with Gasteiger partial charge >= 0.3 is 0 Å². The summed E-state index contributed by atoms with van der Waals surface area (Å²) < 4.78 is 0. The molecule has 1 N–H and O–H groups in total. The summed E-state index contributed by atoms with van der Waals surface area (Å²) in [5.41, 5.74) is 2.07. The van der Waals surface area contributed by atoms with E-state index in [1.807, 2.05) is 13.0 Å². The summed E-state index contributed by atoms with van der Waals surface area (Å²) in [6.45, 7) is 1.97. The van der Waals surface area contributed by atoms with E-state index in [0.717, 1.165) is 11.3 Å². The molecule has 0 aromatic carbocycles. The smallest absolute Gasteiger partial charge is 0.129 e. The van der Waals surface area contributed by atoms with Gasteiger partial charge in [0.1, 0.15) is 5.15 Å². The topological polar surface area (TPSA) is 24.9 Å². The Morgan fingerprint density at radius 2 is 2.40 bits per heavy atom. The third-order valence-corrected chi connectivity index (χ3v) is 1.75. The molecule has 0 fully saturated rings. The average molecular weight is 175 g/mol. The fraction of sp³-hybridized carbons (Fsp3) is 0.167. The van der Waals surface area contributed by atoms with Crippen LogP contribution in [-0.2, 0) is 0 Å². The number of hydrogen-bond acceptors (Lipinski definition) is 2. The Balaban J connectivity index is 3.07. The van der Waals surface area contributed by atoms with Crippen molar-refractivity contribution in [3.8, 4) is 0 Å². The summed E-state index contributed by atoms with van der Waals surface area (Å²) in [6, 6.07) is 1.81. The largest absolute Gasteiger partial charge is 0.368 e. The van der Waals surface area contributed by atoms with E-state index in [1.165, 1.54) is 0 Å². The number of aromatic nitrogens is 1. The Morgan fingerprint density at radius 3 is 2.90 bits per heavy atom. The number of hydrogen-bond donors (Lipinski definition) is 1. The summed E-state index contributed by atoms with van der Waals surface area (Å²) in [5.74, 6) is 0. The third kappa shape index (κ3) is 1.59. The van der Waals surface area contributed by atoms with Gasteiger partial charge in [0.05, 0.1) is 11.9 Å². The van der Waals surface area contributed by atoms with Crippen molar-refractivity contribution in [1.82, 2.24) is 4.98 Å². The highest BCUT2D eigenvalue weighted by molar-refractivity contribution is 7.18. The van der Waals surface area contributed by atoms with Crippen molar-refractivity contribution in [3.63, 3.8) is 0 Å². The molecule has 2 nitrogen and oxygen atoms in total. The molecule has 0 saturated heterocycles. The molecule has 0 spiro atoms. The van der Waals surface area contributed by atoms with Gasteiger partial charge in [-0.15, -0.1) is 0 Å². The van der Waals surface area contributed by atoms with Crippen LogP contribution in [0.1, 0.15) is 5.56 Å². The number of halogens is 1. The second-order valence-electron chi connectivity index (χ2n) is 1.97. The van der Waals surface area contributed by atoms with Crippen LogP contribution < -0.4 is 5.09 Å². The summed E-state index contributed by atoms with van der Waals surface area (Å²) in [4.78, 5) is 3.90. The van der Waals surface area contributed by atoms with Crippen LogP contribution in [0.3, 0.4) is 0 Å². The standard InChI is InChI=1S/C6H8ClN2P/c1-4-2-6(7)8-3-5(4)9-10/h2-3,9H,10H2,1H3. The molecule has 10 heavy (non-hydrogen) atoms. The minimum atomic E-state index is 0.529. The Kier molecular flexibility index (Phi) is 2.47. The van der Waals surface area contributed by atoms with Crippen molar-refractivity contribution >= 4 is 26.7 Å². The van der Waals surface area contributed by atoms with Crippen LogP contribution in [-0.4, -0.2) is 4.98 Å². The second-order valence-corrected chi connectivity index (χ2v) is 2.64. The lowest BCUT2D eigenvalue weighted by Gasteiger charge is -2.02. The molecule has 1 atom stereocenters. The van der Waals surface area contributed by atoms with Crippen molar-refractivity contribution in [2.75, 3.05) is 5.09 Å². The van der Waals surface area contributed by atoms with E-state index in [9.17, 15) is 0 Å². The normalized spacial score (nSPS) is 9.50. The van der Waals surface area contributed by atoms with E-state index in [-0.39, 0.29) is 0 Å². The van der Waals surface area contributed by atoms with Gasteiger partial charge in [-0.25, -0.2) is 4.98 Å². The molecule has 1 aromatic rings. The molecule has 1 aromatic heterocycles. The SMILES string of the molecule is Cc1cc(Cl)ncc1NP. The van der Waals surface area contributed by atoms with E-state index in [0.29, 0.717) is 5.15 Å². The van der Waals surface area contributed by atoms with Gasteiger partial charge in [0.25, 0.3) is 0 Å². The molecule has 0 bridgehead atoms. The molecule has 0 aliphatic rings. The maximum Gasteiger partial charge on any atom is 0.129 e. The number of nitrogens with one attached hydrogen (secondary N) is 1. The first-order valence-corrected chi connectivity index (χ1v) is 3.78. The minimum absolute atomic E-state index is 0.529. The van der Waals surface area contributed by atoms with E-state index < -0.39 is 0 Å². The maximum atomic E-state index is 5.63. The molecular formula is C6H8ClN2P. The predicted molar refractivity (Wildman–Crippen MR) is 47.3 cm³/mol.